The van der Waals surface area contributed by atoms with Gasteiger partial charge in [0.15, 0.2) is 5.65 Å². The molecule has 5 aromatic rings. The van der Waals surface area contributed by atoms with Gasteiger partial charge >= 0.3 is 5.76 Å². The zero-order valence-corrected chi connectivity index (χ0v) is 25.0. The average molecular weight is 600 g/mol. The molecule has 4 heterocycles. The lowest BCUT2D eigenvalue weighted by Crippen LogP contribution is -2.45. The molecule has 43 heavy (non-hydrogen) atoms. The first-order valence-electron chi connectivity index (χ1n) is 15.0. The molecule has 0 amide bonds. The number of nitrogens with one attached hydrogen (secondary N) is 1. The zero-order chi connectivity index (χ0) is 29.5. The van der Waals surface area contributed by atoms with Gasteiger partial charge in [0.25, 0.3) is 0 Å². The largest absolute Gasteiger partial charge is 0.439 e. The first-order valence-corrected chi connectivity index (χ1v) is 15.4. The molecule has 1 N–H and O–H groups in total. The van der Waals surface area contributed by atoms with Crippen molar-refractivity contribution in [2.45, 2.75) is 58.2 Å². The van der Waals surface area contributed by atoms with Gasteiger partial charge in [-0.15, -0.1) is 0 Å². The minimum Gasteiger partial charge on any atom is -0.374 e. The van der Waals surface area contributed by atoms with Crippen LogP contribution >= 0.6 is 11.6 Å². The number of aromatic amines is 1. The maximum absolute atomic E-state index is 11.8. The van der Waals surface area contributed by atoms with Gasteiger partial charge < -0.3 is 14.2 Å². The van der Waals surface area contributed by atoms with Gasteiger partial charge in [-0.2, -0.15) is 4.98 Å². The summed E-state index contributed by atoms with van der Waals surface area (Å²) in [4.78, 5) is 31.8. The lowest BCUT2D eigenvalue weighted by molar-refractivity contribution is 0.0221. The van der Waals surface area contributed by atoms with E-state index in [2.05, 4.69) is 57.7 Å². The van der Waals surface area contributed by atoms with Crippen LogP contribution in [0.4, 0.5) is 5.95 Å². The molecule has 0 spiro atoms. The summed E-state index contributed by atoms with van der Waals surface area (Å²) in [5.41, 5.74) is 4.02. The molecule has 2 aliphatic rings. The monoisotopic (exact) mass is 599 g/mol. The van der Waals surface area contributed by atoms with Gasteiger partial charge in [-0.05, 0) is 49.3 Å². The smallest absolute Gasteiger partial charge is 0.374 e. The van der Waals surface area contributed by atoms with Gasteiger partial charge in [0.2, 0.25) is 17.6 Å². The van der Waals surface area contributed by atoms with Gasteiger partial charge in [-0.1, -0.05) is 79.0 Å². The molecule has 2 fully saturated rings. The van der Waals surface area contributed by atoms with E-state index in [1.807, 2.05) is 30.3 Å². The fraction of sp³-hybridized carbons (Fsp3) is 0.406. The molecule has 1 saturated heterocycles. The highest BCUT2D eigenvalue weighted by Gasteiger charge is 2.35. The van der Waals surface area contributed by atoms with Gasteiger partial charge in [-0.25, -0.2) is 14.8 Å². The predicted molar refractivity (Wildman–Crippen MR) is 165 cm³/mol. The first-order chi connectivity index (χ1) is 20.9. The second-order valence-corrected chi connectivity index (χ2v) is 12.2. The molecule has 0 unspecified atom stereocenters. The Morgan fingerprint density at radius 2 is 1.81 bits per heavy atom. The normalized spacial score (nSPS) is 22.7. The van der Waals surface area contributed by atoms with Crippen molar-refractivity contribution in [1.29, 1.82) is 0 Å². The number of benzene rings is 2. The van der Waals surface area contributed by atoms with Gasteiger partial charge in [0, 0.05) is 23.7 Å². The second-order valence-electron chi connectivity index (χ2n) is 11.8. The van der Waals surface area contributed by atoms with Gasteiger partial charge in [-0.3, -0.25) is 9.51 Å². The van der Waals surface area contributed by atoms with E-state index in [0.717, 1.165) is 42.3 Å². The predicted octanol–water partition coefficient (Wildman–Crippen LogP) is 6.28. The van der Waals surface area contributed by atoms with E-state index in [9.17, 15) is 4.79 Å². The Bertz CT molecular complexity index is 1790. The van der Waals surface area contributed by atoms with Crippen LogP contribution in [-0.4, -0.2) is 48.9 Å². The van der Waals surface area contributed by atoms with Crippen LogP contribution in [0, 0.1) is 11.8 Å². The second kappa shape index (κ2) is 11.6. The fourth-order valence-electron chi connectivity index (χ4n) is 6.60. The van der Waals surface area contributed by atoms with Crippen LogP contribution in [0.25, 0.3) is 34.1 Å². The molecule has 0 radical (unpaired) electrons. The number of hydrogen-bond acceptors (Lipinski definition) is 8. The quantitative estimate of drug-likeness (QED) is 0.242. The van der Waals surface area contributed by atoms with E-state index >= 15 is 0 Å². The summed E-state index contributed by atoms with van der Waals surface area (Å²) >= 11 is 6.48. The third-order valence-electron chi connectivity index (χ3n) is 8.80. The Balaban J connectivity index is 1.46. The Labute approximate surface area is 254 Å². The third-order valence-corrected chi connectivity index (χ3v) is 9.04. The number of aromatic nitrogens is 6. The summed E-state index contributed by atoms with van der Waals surface area (Å²) < 4.78 is 13.3. The Morgan fingerprint density at radius 1 is 1.00 bits per heavy atom. The van der Waals surface area contributed by atoms with E-state index in [-0.39, 0.29) is 23.8 Å². The van der Waals surface area contributed by atoms with E-state index in [0.29, 0.717) is 35.4 Å². The number of imidazole rings is 1. The molecule has 11 heteroatoms. The number of morpholine rings is 1. The van der Waals surface area contributed by atoms with Crippen LogP contribution in [0.1, 0.15) is 51.1 Å². The number of nitrogens with zero attached hydrogens (tertiary/aromatic N) is 6. The van der Waals surface area contributed by atoms with Crippen LogP contribution in [0.2, 0.25) is 5.02 Å². The molecule has 1 aliphatic carbocycles. The Hall–Kier alpha value is -4.02. The van der Waals surface area contributed by atoms with Crippen LogP contribution in [0.3, 0.4) is 0 Å². The third kappa shape index (κ3) is 5.45. The number of H-pyrrole nitrogens is 1. The number of anilines is 1. The Morgan fingerprint density at radius 3 is 2.56 bits per heavy atom. The minimum atomic E-state index is -0.672. The molecule has 2 atom stereocenters. The maximum Gasteiger partial charge on any atom is 0.439 e. The van der Waals surface area contributed by atoms with Crippen LogP contribution in [0.15, 0.2) is 63.9 Å². The number of fused-ring (bicyclic) bond motifs is 1. The topological polar surface area (TPSA) is 115 Å². The fourth-order valence-corrected chi connectivity index (χ4v) is 6.79. The SMILES string of the molecule is CC1CCC(Cn2c(N3CCO[C@H](C)[C@H]3c3ccccc3)nc3nc(-c4noc(=O)[nH]4)nc(-c4cccc(Cl)c4)c32)CC1. The van der Waals surface area contributed by atoms with Crippen molar-refractivity contribution >= 4 is 28.7 Å². The zero-order valence-electron chi connectivity index (χ0n) is 24.2. The van der Waals surface area contributed by atoms with Crippen molar-refractivity contribution in [2.24, 2.45) is 11.8 Å². The molecule has 2 aromatic carbocycles. The summed E-state index contributed by atoms with van der Waals surface area (Å²) in [6.45, 7) is 6.53. The van der Waals surface area contributed by atoms with Crippen molar-refractivity contribution in [3.63, 3.8) is 0 Å². The van der Waals surface area contributed by atoms with E-state index in [1.54, 1.807) is 0 Å². The van der Waals surface area contributed by atoms with Crippen molar-refractivity contribution in [2.75, 3.05) is 18.1 Å². The summed E-state index contributed by atoms with van der Waals surface area (Å²) in [5, 5.41) is 4.47. The highest BCUT2D eigenvalue weighted by atomic mass is 35.5. The lowest BCUT2D eigenvalue weighted by Gasteiger charge is -2.41. The maximum atomic E-state index is 11.8. The molecule has 7 rings (SSSR count). The van der Waals surface area contributed by atoms with Crippen LogP contribution < -0.4 is 10.7 Å². The molecule has 10 nitrogen and oxygen atoms in total. The molecule has 3 aromatic heterocycles. The highest BCUT2D eigenvalue weighted by molar-refractivity contribution is 6.30. The van der Waals surface area contributed by atoms with Crippen LogP contribution in [0.5, 0.6) is 0 Å². The lowest BCUT2D eigenvalue weighted by atomic mass is 9.83. The highest BCUT2D eigenvalue weighted by Crippen LogP contribution is 2.40. The van der Waals surface area contributed by atoms with Crippen molar-refractivity contribution in [1.82, 2.24) is 29.7 Å². The van der Waals surface area contributed by atoms with E-state index in [1.165, 1.54) is 18.4 Å². The average Bonchev–Trinajstić information content (AvgIpc) is 3.61. The Kier molecular flexibility index (Phi) is 7.48. The van der Waals surface area contributed by atoms with Gasteiger partial charge in [0.05, 0.1) is 18.8 Å². The number of halogens is 1. The molecular weight excluding hydrogens is 566 g/mol. The van der Waals surface area contributed by atoms with E-state index in [4.69, 9.17) is 35.8 Å². The standard InChI is InChI=1S/C32H34ClN7O3/c1-19-11-13-21(14-12-19)18-40-27-25(23-9-6-10-24(33)17-23)34-29(30-37-32(41)43-38-30)35-28(27)36-31(40)39-15-16-42-20(2)26(39)22-7-4-3-5-8-22/h3-10,17,19-21,26H,11-16,18H2,1-2H3,(H,37,38,41)/t19?,20-,21?,26+/m1/s1. The number of ether oxygens (including phenoxy) is 1. The minimum absolute atomic E-state index is 0.0363. The molecule has 1 saturated carbocycles. The number of hydrogen-bond donors (Lipinski definition) is 1. The first kappa shape index (κ1) is 27.8. The summed E-state index contributed by atoms with van der Waals surface area (Å²) in [6, 6.07) is 18.0. The summed E-state index contributed by atoms with van der Waals surface area (Å²) in [6.07, 6.45) is 4.71. The van der Waals surface area contributed by atoms with Crippen molar-refractivity contribution in [3.05, 3.63) is 75.7 Å². The molecular formula is C32H34ClN7O3. The van der Waals surface area contributed by atoms with E-state index < -0.39 is 5.76 Å². The van der Waals surface area contributed by atoms with Crippen molar-refractivity contribution < 1.29 is 9.26 Å². The molecule has 0 bridgehead atoms. The summed E-state index contributed by atoms with van der Waals surface area (Å²) in [7, 11) is 0. The van der Waals surface area contributed by atoms with Gasteiger partial charge in [0.1, 0.15) is 11.2 Å². The molecule has 1 aliphatic heterocycles. The van der Waals surface area contributed by atoms with Crippen LogP contribution in [-0.2, 0) is 11.3 Å². The molecule has 222 valence electrons. The number of rotatable bonds is 6. The van der Waals surface area contributed by atoms with Crippen molar-refractivity contribution in [3.8, 4) is 22.9 Å². The summed E-state index contributed by atoms with van der Waals surface area (Å²) in [5.74, 6) is 1.78.